The van der Waals surface area contributed by atoms with E-state index in [9.17, 15) is 4.79 Å². The van der Waals surface area contributed by atoms with Crippen LogP contribution in [0.1, 0.15) is 23.7 Å². The molecular weight excluding hydrogens is 301 g/mol. The average molecular weight is 318 g/mol. The van der Waals surface area contributed by atoms with Crippen molar-refractivity contribution in [3.63, 3.8) is 0 Å². The molecule has 4 nitrogen and oxygen atoms in total. The first-order valence-electron chi connectivity index (χ1n) is 6.13. The van der Waals surface area contributed by atoms with E-state index >= 15 is 0 Å². The molecule has 0 saturated heterocycles. The molecule has 0 aliphatic rings. The van der Waals surface area contributed by atoms with Gasteiger partial charge in [-0.25, -0.2) is 4.79 Å². The molecule has 0 unspecified atom stereocenters. The third-order valence-corrected chi connectivity index (χ3v) is 3.35. The normalized spacial score (nSPS) is 13.6. The van der Waals surface area contributed by atoms with E-state index in [0.29, 0.717) is 11.4 Å². The molecule has 0 saturated carbocycles. The van der Waals surface area contributed by atoms with Gasteiger partial charge in [-0.05, 0) is 36.8 Å². The highest BCUT2D eigenvalue weighted by Gasteiger charge is 2.17. The van der Waals surface area contributed by atoms with Gasteiger partial charge in [0.2, 0.25) is 0 Å². The number of hydrogen-bond donors (Lipinski definition) is 1. The highest BCUT2D eigenvalue weighted by molar-refractivity contribution is 6.36. The molecule has 0 radical (unpaired) electrons. The highest BCUT2D eigenvalue weighted by Crippen LogP contribution is 2.21. The van der Waals surface area contributed by atoms with Crippen molar-refractivity contribution in [1.29, 1.82) is 5.41 Å². The Morgan fingerprint density at radius 3 is 2.70 bits per heavy atom. The number of rotatable bonds is 7. The van der Waals surface area contributed by atoms with Gasteiger partial charge in [0.25, 0.3) is 0 Å². The van der Waals surface area contributed by atoms with E-state index in [1.807, 2.05) is 6.92 Å². The number of halogens is 2. The zero-order valence-corrected chi connectivity index (χ0v) is 12.9. The van der Waals surface area contributed by atoms with Gasteiger partial charge in [0.15, 0.2) is 0 Å². The Bertz CT molecular complexity index is 479. The fraction of sp³-hybridized carbons (Fsp3) is 0.429. The molecule has 1 aromatic carbocycles. The standard InChI is InChI=1S/C14H17Cl2NO3/c1-9(7-17)5-11(19-2)8-20-14(18)12-4-3-10(15)6-13(12)16/h3-4,6-7,9,11,17H,5,8H2,1-2H3/t9-,11-/m0/s1. The van der Waals surface area contributed by atoms with Crippen LogP contribution in [0.15, 0.2) is 18.2 Å². The number of methoxy groups -OCH3 is 1. The van der Waals surface area contributed by atoms with Gasteiger partial charge in [-0.1, -0.05) is 30.1 Å². The van der Waals surface area contributed by atoms with Crippen LogP contribution in [-0.2, 0) is 9.47 Å². The van der Waals surface area contributed by atoms with Crippen molar-refractivity contribution in [1.82, 2.24) is 0 Å². The van der Waals surface area contributed by atoms with Crippen molar-refractivity contribution in [2.75, 3.05) is 13.7 Å². The lowest BCUT2D eigenvalue weighted by Crippen LogP contribution is -2.23. The Hall–Kier alpha value is -1.10. The summed E-state index contributed by atoms with van der Waals surface area (Å²) in [5, 5.41) is 7.87. The zero-order valence-electron chi connectivity index (χ0n) is 11.4. The maximum atomic E-state index is 11.9. The van der Waals surface area contributed by atoms with Crippen molar-refractivity contribution < 1.29 is 14.3 Å². The summed E-state index contributed by atoms with van der Waals surface area (Å²) in [4.78, 5) is 11.9. The minimum absolute atomic E-state index is 0.0674. The van der Waals surface area contributed by atoms with Crippen LogP contribution in [0, 0.1) is 11.3 Å². The van der Waals surface area contributed by atoms with Gasteiger partial charge in [-0.2, -0.15) is 0 Å². The molecule has 0 spiro atoms. The second-order valence-corrected chi connectivity index (χ2v) is 5.30. The van der Waals surface area contributed by atoms with Crippen LogP contribution in [0.5, 0.6) is 0 Å². The summed E-state index contributed by atoms with van der Waals surface area (Å²) >= 11 is 11.7. The Labute approximate surface area is 128 Å². The Morgan fingerprint density at radius 2 is 2.15 bits per heavy atom. The van der Waals surface area contributed by atoms with Crippen LogP contribution in [0.4, 0.5) is 0 Å². The number of carbonyl (C=O) groups excluding carboxylic acids is 1. The van der Waals surface area contributed by atoms with Crippen LogP contribution < -0.4 is 0 Å². The predicted octanol–water partition coefficient (Wildman–Crippen LogP) is 3.84. The first kappa shape index (κ1) is 17.0. The van der Waals surface area contributed by atoms with Gasteiger partial charge in [0, 0.05) is 12.1 Å². The molecule has 110 valence electrons. The Morgan fingerprint density at radius 1 is 1.45 bits per heavy atom. The lowest BCUT2D eigenvalue weighted by atomic mass is 10.1. The number of carbonyl (C=O) groups is 1. The van der Waals surface area contributed by atoms with Gasteiger partial charge < -0.3 is 14.9 Å². The zero-order chi connectivity index (χ0) is 15.1. The third-order valence-electron chi connectivity index (χ3n) is 2.80. The first-order valence-corrected chi connectivity index (χ1v) is 6.89. The second-order valence-electron chi connectivity index (χ2n) is 4.46. The summed E-state index contributed by atoms with van der Waals surface area (Å²) in [7, 11) is 1.55. The minimum atomic E-state index is -0.517. The quantitative estimate of drug-likeness (QED) is 0.614. The van der Waals surface area contributed by atoms with Crippen LogP contribution in [0.3, 0.4) is 0 Å². The van der Waals surface area contributed by atoms with E-state index in [4.69, 9.17) is 38.1 Å². The largest absolute Gasteiger partial charge is 0.459 e. The van der Waals surface area contributed by atoms with Crippen molar-refractivity contribution in [2.45, 2.75) is 19.4 Å². The molecule has 0 aromatic heterocycles. The molecule has 0 heterocycles. The minimum Gasteiger partial charge on any atom is -0.459 e. The fourth-order valence-electron chi connectivity index (χ4n) is 1.62. The number of ether oxygens (including phenoxy) is 2. The van der Waals surface area contributed by atoms with Gasteiger partial charge in [-0.3, -0.25) is 0 Å². The fourth-order valence-corrected chi connectivity index (χ4v) is 2.10. The van der Waals surface area contributed by atoms with Crippen LogP contribution in [-0.4, -0.2) is 32.0 Å². The van der Waals surface area contributed by atoms with E-state index in [0.717, 1.165) is 0 Å². The monoisotopic (exact) mass is 317 g/mol. The molecule has 0 aliphatic heterocycles. The third kappa shape index (κ3) is 5.12. The van der Waals surface area contributed by atoms with Gasteiger partial charge in [0.05, 0.1) is 16.7 Å². The summed E-state index contributed by atoms with van der Waals surface area (Å²) in [6, 6.07) is 4.59. The topological polar surface area (TPSA) is 59.4 Å². The van der Waals surface area contributed by atoms with Crippen LogP contribution in [0.25, 0.3) is 0 Å². The number of nitrogens with one attached hydrogen (secondary N) is 1. The maximum Gasteiger partial charge on any atom is 0.339 e. The first-order chi connectivity index (χ1) is 9.47. The number of benzene rings is 1. The molecule has 0 amide bonds. The van der Waals surface area contributed by atoms with E-state index in [2.05, 4.69) is 0 Å². The van der Waals surface area contributed by atoms with Gasteiger partial charge in [-0.15, -0.1) is 0 Å². The summed E-state index contributed by atoms with van der Waals surface area (Å²) in [5.41, 5.74) is 0.269. The van der Waals surface area contributed by atoms with E-state index < -0.39 is 5.97 Å². The number of esters is 1. The Kier molecular flexibility index (Phi) is 6.99. The molecule has 0 bridgehead atoms. The van der Waals surface area contributed by atoms with Crippen molar-refractivity contribution >= 4 is 35.4 Å². The molecular formula is C14H17Cl2NO3. The SMILES string of the molecule is CO[C@H](COC(=O)c1ccc(Cl)cc1Cl)C[C@H](C)C=N. The average Bonchev–Trinajstić information content (AvgIpc) is 2.42. The number of hydrogen-bond acceptors (Lipinski definition) is 4. The van der Waals surface area contributed by atoms with Crippen molar-refractivity contribution in [3.8, 4) is 0 Å². The van der Waals surface area contributed by atoms with Crippen molar-refractivity contribution in [3.05, 3.63) is 33.8 Å². The molecule has 1 rings (SSSR count). The highest BCUT2D eigenvalue weighted by atomic mass is 35.5. The van der Waals surface area contributed by atoms with Crippen molar-refractivity contribution in [2.24, 2.45) is 5.92 Å². The smallest absolute Gasteiger partial charge is 0.339 e. The van der Waals surface area contributed by atoms with E-state index in [1.165, 1.54) is 18.3 Å². The van der Waals surface area contributed by atoms with Crippen LogP contribution in [0.2, 0.25) is 10.0 Å². The predicted molar refractivity (Wildman–Crippen MR) is 80.1 cm³/mol. The Balaban J connectivity index is 2.59. The molecule has 0 aliphatic carbocycles. The molecule has 20 heavy (non-hydrogen) atoms. The lowest BCUT2D eigenvalue weighted by Gasteiger charge is -2.17. The molecule has 6 heteroatoms. The maximum absolute atomic E-state index is 11.9. The van der Waals surface area contributed by atoms with Gasteiger partial charge in [0.1, 0.15) is 6.61 Å². The van der Waals surface area contributed by atoms with E-state index in [1.54, 1.807) is 13.2 Å². The summed E-state index contributed by atoms with van der Waals surface area (Å²) < 4.78 is 10.4. The van der Waals surface area contributed by atoms with Crippen LogP contribution >= 0.6 is 23.2 Å². The summed E-state index contributed by atoms with van der Waals surface area (Å²) in [5.74, 6) is -0.450. The van der Waals surface area contributed by atoms with E-state index in [-0.39, 0.29) is 29.2 Å². The van der Waals surface area contributed by atoms with Gasteiger partial charge >= 0.3 is 5.97 Å². The summed E-state index contributed by atoms with van der Waals surface area (Å²) in [6.45, 7) is 2.02. The molecule has 0 fully saturated rings. The molecule has 1 aromatic rings. The molecule has 1 N–H and O–H groups in total. The molecule has 2 atom stereocenters. The summed E-state index contributed by atoms with van der Waals surface area (Å²) in [6.07, 6.45) is 1.70. The second kappa shape index (κ2) is 8.25. The lowest BCUT2D eigenvalue weighted by molar-refractivity contribution is 0.00578.